The van der Waals surface area contributed by atoms with Gasteiger partial charge in [-0.2, -0.15) is 0 Å². The van der Waals surface area contributed by atoms with E-state index >= 15 is 0 Å². The lowest BCUT2D eigenvalue weighted by molar-refractivity contribution is -0.136. The maximum absolute atomic E-state index is 12.2. The van der Waals surface area contributed by atoms with Gasteiger partial charge < -0.3 is 19.0 Å². The lowest BCUT2D eigenvalue weighted by Crippen LogP contribution is -2.06. The molecule has 0 radical (unpaired) electrons. The number of carbonyl (C=O) groups is 1. The molecular weight excluding hydrogens is 384 g/mol. The number of pyridine rings is 1. The molecule has 2 aliphatic heterocycles. The number of oxime groups is 1. The number of fused-ring (bicyclic) bond motifs is 1. The molecule has 0 fully saturated rings. The predicted molar refractivity (Wildman–Crippen MR) is 108 cm³/mol. The zero-order valence-electron chi connectivity index (χ0n) is 15.8. The van der Waals surface area contributed by atoms with Crippen LogP contribution in [0.4, 0.5) is 0 Å². The largest absolute Gasteiger partial charge is 0.489 e. The normalized spacial score (nSPS) is 15.8. The first-order chi connectivity index (χ1) is 14.8. The Labute approximate surface area is 172 Å². The molecule has 0 saturated carbocycles. The average molecular weight is 400 g/mol. The van der Waals surface area contributed by atoms with E-state index in [4.69, 9.17) is 19.0 Å². The van der Waals surface area contributed by atoms with E-state index in [0.717, 1.165) is 16.9 Å². The number of aromatic nitrogens is 1. The van der Waals surface area contributed by atoms with E-state index in [-0.39, 0.29) is 6.79 Å². The zero-order chi connectivity index (χ0) is 20.3. The number of ether oxygens (including phenoxy) is 3. The van der Waals surface area contributed by atoms with Crippen LogP contribution < -0.4 is 14.2 Å². The van der Waals surface area contributed by atoms with Gasteiger partial charge in [-0.05, 0) is 48.0 Å². The Bertz CT molecular complexity index is 1150. The van der Waals surface area contributed by atoms with Gasteiger partial charge in [-0.1, -0.05) is 23.4 Å². The van der Waals surface area contributed by atoms with Gasteiger partial charge in [0.15, 0.2) is 11.5 Å². The van der Waals surface area contributed by atoms with Crippen LogP contribution in [0.15, 0.2) is 77.7 Å². The summed E-state index contributed by atoms with van der Waals surface area (Å²) < 4.78 is 16.5. The number of benzene rings is 2. The Hall–Kier alpha value is -4.13. The van der Waals surface area contributed by atoms with Gasteiger partial charge >= 0.3 is 5.97 Å². The summed E-state index contributed by atoms with van der Waals surface area (Å²) in [6.45, 7) is 0.611. The van der Waals surface area contributed by atoms with Crippen molar-refractivity contribution in [3.8, 4) is 17.2 Å². The second kappa shape index (κ2) is 7.71. The van der Waals surface area contributed by atoms with E-state index < -0.39 is 5.97 Å². The van der Waals surface area contributed by atoms with Crippen molar-refractivity contribution in [2.24, 2.45) is 5.16 Å². The Morgan fingerprint density at radius 2 is 1.90 bits per heavy atom. The summed E-state index contributed by atoms with van der Waals surface area (Å²) in [5.41, 5.74) is 3.36. The third kappa shape index (κ3) is 3.60. The Kier molecular flexibility index (Phi) is 4.61. The van der Waals surface area contributed by atoms with Crippen LogP contribution in [0.2, 0.25) is 0 Å². The first kappa shape index (κ1) is 17.9. The van der Waals surface area contributed by atoms with Crippen LogP contribution in [0, 0.1) is 0 Å². The Balaban J connectivity index is 1.34. The van der Waals surface area contributed by atoms with Crippen molar-refractivity contribution >= 4 is 17.8 Å². The average Bonchev–Trinajstić information content (AvgIpc) is 3.40. The van der Waals surface area contributed by atoms with Crippen LogP contribution in [0.3, 0.4) is 0 Å². The van der Waals surface area contributed by atoms with Gasteiger partial charge in [0.05, 0.1) is 5.57 Å². The number of rotatable bonds is 5. The fourth-order valence-electron chi connectivity index (χ4n) is 3.14. The van der Waals surface area contributed by atoms with E-state index in [1.807, 2.05) is 42.5 Å². The van der Waals surface area contributed by atoms with Crippen molar-refractivity contribution in [2.75, 3.05) is 6.79 Å². The van der Waals surface area contributed by atoms with Gasteiger partial charge in [0, 0.05) is 23.5 Å². The van der Waals surface area contributed by atoms with Crippen molar-refractivity contribution in [2.45, 2.75) is 6.61 Å². The van der Waals surface area contributed by atoms with E-state index in [0.29, 0.717) is 35.0 Å². The monoisotopic (exact) mass is 400 g/mol. The number of carbonyl (C=O) groups excluding carboxylic acids is 1. The minimum atomic E-state index is -0.500. The minimum Gasteiger partial charge on any atom is -0.489 e. The summed E-state index contributed by atoms with van der Waals surface area (Å²) in [4.78, 5) is 21.2. The SMILES string of the molecule is O=C1ON=C(c2ccc3c(c2)OCO3)/C1=C/c1ccc(OCc2cccnc2)cc1. The van der Waals surface area contributed by atoms with Crippen LogP contribution in [-0.2, 0) is 16.2 Å². The van der Waals surface area contributed by atoms with Crippen LogP contribution in [0.1, 0.15) is 16.7 Å². The highest BCUT2D eigenvalue weighted by atomic mass is 16.7. The highest BCUT2D eigenvalue weighted by molar-refractivity contribution is 6.31. The molecule has 0 bridgehead atoms. The van der Waals surface area contributed by atoms with Crippen LogP contribution >= 0.6 is 0 Å². The standard InChI is InChI=1S/C23H16N2O5/c26-23-19(22(25-30-23)17-5-8-20-21(11-17)29-14-28-20)10-15-3-6-18(7-4-15)27-13-16-2-1-9-24-12-16/h1-12H,13-14H2/b19-10-. The molecule has 0 N–H and O–H groups in total. The second-order valence-electron chi connectivity index (χ2n) is 6.66. The Morgan fingerprint density at radius 1 is 1.03 bits per heavy atom. The summed E-state index contributed by atoms with van der Waals surface area (Å²) in [7, 11) is 0. The molecule has 3 aromatic rings. The molecule has 30 heavy (non-hydrogen) atoms. The third-order valence-electron chi connectivity index (χ3n) is 4.66. The molecule has 148 valence electrons. The molecular formula is C23H16N2O5. The van der Waals surface area contributed by atoms with Gasteiger partial charge in [0.2, 0.25) is 6.79 Å². The van der Waals surface area contributed by atoms with Crippen molar-refractivity contribution in [1.82, 2.24) is 4.98 Å². The highest BCUT2D eigenvalue weighted by Crippen LogP contribution is 2.34. The first-order valence-corrected chi connectivity index (χ1v) is 9.29. The number of hydrogen-bond acceptors (Lipinski definition) is 7. The molecule has 0 saturated heterocycles. The quantitative estimate of drug-likeness (QED) is 0.480. The molecule has 0 amide bonds. The van der Waals surface area contributed by atoms with E-state index in [1.165, 1.54) is 0 Å². The summed E-state index contributed by atoms with van der Waals surface area (Å²) in [5.74, 6) is 1.50. The fourth-order valence-corrected chi connectivity index (χ4v) is 3.14. The molecule has 2 aromatic carbocycles. The van der Waals surface area contributed by atoms with Crippen molar-refractivity contribution in [3.63, 3.8) is 0 Å². The topological polar surface area (TPSA) is 79.2 Å². The molecule has 7 nitrogen and oxygen atoms in total. The van der Waals surface area contributed by atoms with Crippen molar-refractivity contribution in [1.29, 1.82) is 0 Å². The number of nitrogens with zero attached hydrogens (tertiary/aromatic N) is 2. The zero-order valence-corrected chi connectivity index (χ0v) is 15.8. The van der Waals surface area contributed by atoms with Crippen LogP contribution in [0.5, 0.6) is 17.2 Å². The molecule has 3 heterocycles. The van der Waals surface area contributed by atoms with Gasteiger partial charge in [-0.3, -0.25) is 4.98 Å². The van der Waals surface area contributed by atoms with E-state index in [9.17, 15) is 4.79 Å². The van der Waals surface area contributed by atoms with Gasteiger partial charge in [0.1, 0.15) is 18.1 Å². The van der Waals surface area contributed by atoms with Crippen molar-refractivity contribution in [3.05, 3.63) is 89.3 Å². The molecule has 2 aliphatic rings. The maximum Gasteiger partial charge on any atom is 0.368 e. The summed E-state index contributed by atoms with van der Waals surface area (Å²) in [6, 6.07) is 16.6. The lowest BCUT2D eigenvalue weighted by atomic mass is 10.0. The van der Waals surface area contributed by atoms with Gasteiger partial charge in [-0.15, -0.1) is 0 Å². The van der Waals surface area contributed by atoms with Crippen LogP contribution in [0.25, 0.3) is 6.08 Å². The summed E-state index contributed by atoms with van der Waals surface area (Å²) in [5, 5.41) is 3.94. The van der Waals surface area contributed by atoms with E-state index in [2.05, 4.69) is 10.1 Å². The molecule has 0 unspecified atom stereocenters. The minimum absolute atomic E-state index is 0.179. The smallest absolute Gasteiger partial charge is 0.368 e. The second-order valence-corrected chi connectivity index (χ2v) is 6.66. The molecule has 1 aromatic heterocycles. The van der Waals surface area contributed by atoms with Crippen molar-refractivity contribution < 1.29 is 23.8 Å². The van der Waals surface area contributed by atoms with Crippen LogP contribution in [-0.4, -0.2) is 23.5 Å². The predicted octanol–water partition coefficient (Wildman–Crippen LogP) is 3.73. The third-order valence-corrected chi connectivity index (χ3v) is 4.66. The maximum atomic E-state index is 12.2. The lowest BCUT2D eigenvalue weighted by Gasteiger charge is -2.06. The first-order valence-electron chi connectivity index (χ1n) is 9.29. The van der Waals surface area contributed by atoms with E-state index in [1.54, 1.807) is 30.6 Å². The summed E-state index contributed by atoms with van der Waals surface area (Å²) >= 11 is 0. The molecule has 5 rings (SSSR count). The highest BCUT2D eigenvalue weighted by Gasteiger charge is 2.28. The molecule has 0 atom stereocenters. The Morgan fingerprint density at radius 3 is 2.73 bits per heavy atom. The molecule has 7 heteroatoms. The fraction of sp³-hybridized carbons (Fsp3) is 0.0870. The number of hydrogen-bond donors (Lipinski definition) is 0. The van der Waals surface area contributed by atoms with Gasteiger partial charge in [0.25, 0.3) is 0 Å². The summed E-state index contributed by atoms with van der Waals surface area (Å²) in [6.07, 6.45) is 5.23. The molecule has 0 aliphatic carbocycles. The van der Waals surface area contributed by atoms with Gasteiger partial charge in [-0.25, -0.2) is 4.79 Å². The molecule has 0 spiro atoms.